The molecule has 3 N–H and O–H groups in total. The second-order valence-corrected chi connectivity index (χ2v) is 5.98. The largest absolute Gasteiger partial charge is 0.479 e. The minimum absolute atomic E-state index is 0.143. The molecule has 1 saturated heterocycles. The first kappa shape index (κ1) is 15.4. The van der Waals surface area contributed by atoms with E-state index >= 15 is 0 Å². The predicted octanol–water partition coefficient (Wildman–Crippen LogP) is 0.216. The van der Waals surface area contributed by atoms with Crippen molar-refractivity contribution in [2.75, 3.05) is 6.61 Å². The minimum atomic E-state index is -1.24. The summed E-state index contributed by atoms with van der Waals surface area (Å²) in [5.41, 5.74) is -0.143. The van der Waals surface area contributed by atoms with Crippen LogP contribution in [0.15, 0.2) is 0 Å². The highest BCUT2D eigenvalue weighted by Gasteiger charge is 2.46. The molecule has 0 aliphatic carbocycles. The number of carboxylic acid groups (broad SMARTS) is 1. The maximum atomic E-state index is 11.0. The minimum Gasteiger partial charge on any atom is -0.479 e. The first-order valence-electron chi connectivity index (χ1n) is 5.99. The van der Waals surface area contributed by atoms with Crippen LogP contribution in [0.1, 0.15) is 27.7 Å². The molecule has 106 valence electrons. The van der Waals surface area contributed by atoms with Gasteiger partial charge in [-0.25, -0.2) is 4.79 Å². The molecule has 0 saturated carbocycles. The van der Waals surface area contributed by atoms with E-state index in [0.717, 1.165) is 0 Å². The Labute approximate surface area is 107 Å². The molecule has 0 unspecified atom stereocenters. The number of aliphatic hydroxyl groups excluding tert-OH is 2. The third kappa shape index (κ3) is 3.65. The smallest absolute Gasteiger partial charge is 0.333 e. The molecular weight excluding hydrogens is 240 g/mol. The van der Waals surface area contributed by atoms with Crippen LogP contribution in [0, 0.1) is 11.3 Å². The summed E-state index contributed by atoms with van der Waals surface area (Å²) in [5.74, 6) is -1.86. The number of ether oxygens (including phenoxy) is 2. The Hall–Kier alpha value is -0.690. The van der Waals surface area contributed by atoms with Crippen LogP contribution in [0.5, 0.6) is 0 Å². The van der Waals surface area contributed by atoms with Gasteiger partial charge in [-0.1, -0.05) is 27.7 Å². The molecule has 0 amide bonds. The molecule has 0 bridgehead atoms. The Morgan fingerprint density at radius 3 is 2.28 bits per heavy atom. The van der Waals surface area contributed by atoms with Crippen molar-refractivity contribution in [1.82, 2.24) is 0 Å². The van der Waals surface area contributed by atoms with Gasteiger partial charge < -0.3 is 24.8 Å². The molecule has 0 aromatic rings. The molecule has 1 heterocycles. The highest BCUT2D eigenvalue weighted by atomic mass is 16.7. The quantitative estimate of drug-likeness (QED) is 0.673. The Bertz CT molecular complexity index is 297. The Balaban J connectivity index is 2.70. The van der Waals surface area contributed by atoms with Crippen LogP contribution in [-0.2, 0) is 14.3 Å². The third-order valence-corrected chi connectivity index (χ3v) is 2.85. The van der Waals surface area contributed by atoms with E-state index in [1.54, 1.807) is 0 Å². The summed E-state index contributed by atoms with van der Waals surface area (Å²) in [6.45, 7) is 7.64. The maximum Gasteiger partial charge on any atom is 0.333 e. The van der Waals surface area contributed by atoms with Crippen LogP contribution in [0.3, 0.4) is 0 Å². The highest BCUT2D eigenvalue weighted by molar-refractivity contribution is 5.73. The van der Waals surface area contributed by atoms with Crippen molar-refractivity contribution in [1.29, 1.82) is 0 Å². The van der Waals surface area contributed by atoms with E-state index in [9.17, 15) is 15.0 Å². The molecule has 1 aliphatic heterocycles. The van der Waals surface area contributed by atoms with Gasteiger partial charge in [-0.05, 0) is 5.41 Å². The van der Waals surface area contributed by atoms with Crippen molar-refractivity contribution in [2.24, 2.45) is 11.3 Å². The van der Waals surface area contributed by atoms with Crippen LogP contribution in [-0.4, -0.2) is 52.5 Å². The summed E-state index contributed by atoms with van der Waals surface area (Å²) in [5, 5.41) is 28.6. The molecule has 0 aromatic carbocycles. The van der Waals surface area contributed by atoms with Crippen molar-refractivity contribution in [3.8, 4) is 0 Å². The fourth-order valence-corrected chi connectivity index (χ4v) is 1.75. The first-order chi connectivity index (χ1) is 8.13. The number of rotatable bonds is 3. The van der Waals surface area contributed by atoms with E-state index in [4.69, 9.17) is 14.6 Å². The van der Waals surface area contributed by atoms with Gasteiger partial charge in [0.25, 0.3) is 0 Å². The van der Waals surface area contributed by atoms with Crippen molar-refractivity contribution < 1.29 is 29.6 Å². The molecular formula is C12H22O6. The van der Waals surface area contributed by atoms with Crippen LogP contribution in [0.4, 0.5) is 0 Å². The van der Waals surface area contributed by atoms with E-state index < -0.39 is 36.5 Å². The average molecular weight is 262 g/mol. The summed E-state index contributed by atoms with van der Waals surface area (Å²) >= 11 is 0. The van der Waals surface area contributed by atoms with E-state index in [1.165, 1.54) is 6.92 Å². The molecule has 5 atom stereocenters. The molecule has 0 aromatic heterocycles. The average Bonchev–Trinajstić information content (AvgIpc) is 2.23. The van der Waals surface area contributed by atoms with Gasteiger partial charge in [0.15, 0.2) is 12.4 Å². The second-order valence-electron chi connectivity index (χ2n) is 5.98. The van der Waals surface area contributed by atoms with E-state index in [2.05, 4.69) is 0 Å². The van der Waals surface area contributed by atoms with Gasteiger partial charge in [0.05, 0.1) is 12.7 Å². The van der Waals surface area contributed by atoms with Crippen molar-refractivity contribution in [3.63, 3.8) is 0 Å². The van der Waals surface area contributed by atoms with Gasteiger partial charge in [-0.15, -0.1) is 0 Å². The first-order valence-corrected chi connectivity index (χ1v) is 5.99. The number of carbonyl (C=O) groups is 1. The van der Waals surface area contributed by atoms with E-state index in [-0.39, 0.29) is 5.41 Å². The lowest BCUT2D eigenvalue weighted by atomic mass is 9.90. The standard InChI is InChI=1S/C12H22O6/c1-6-7(13)8(14)11(17-5-12(2,3)4)18-9(6)10(15)16/h6-9,11,13-14H,5H2,1-4H3,(H,15,16)/t6-,7-,8+,9-,11+/m0/s1. The van der Waals surface area contributed by atoms with E-state index in [0.29, 0.717) is 6.61 Å². The fraction of sp³-hybridized carbons (Fsp3) is 0.917. The SMILES string of the molecule is C[C@H]1[C@H](O)[C@@H](O)[C@H](OCC(C)(C)C)O[C@@H]1C(=O)O. The normalized spacial score (nSPS) is 37.6. The fourth-order valence-electron chi connectivity index (χ4n) is 1.75. The zero-order chi connectivity index (χ0) is 14.1. The summed E-state index contributed by atoms with van der Waals surface area (Å²) in [6, 6.07) is 0. The van der Waals surface area contributed by atoms with E-state index in [1.807, 2.05) is 20.8 Å². The van der Waals surface area contributed by atoms with Crippen LogP contribution in [0.2, 0.25) is 0 Å². The van der Waals surface area contributed by atoms with Gasteiger partial charge >= 0.3 is 5.97 Å². The Morgan fingerprint density at radius 2 is 1.83 bits per heavy atom. The van der Waals surface area contributed by atoms with Gasteiger partial charge in [0.2, 0.25) is 0 Å². The molecule has 6 nitrogen and oxygen atoms in total. The number of hydrogen-bond donors (Lipinski definition) is 3. The molecule has 1 fully saturated rings. The summed E-state index contributed by atoms with van der Waals surface area (Å²) in [7, 11) is 0. The second kappa shape index (κ2) is 5.52. The van der Waals surface area contributed by atoms with Gasteiger partial charge in [-0.2, -0.15) is 0 Å². The molecule has 1 rings (SSSR count). The highest BCUT2D eigenvalue weighted by Crippen LogP contribution is 2.28. The number of aliphatic hydroxyl groups is 2. The maximum absolute atomic E-state index is 11.0. The third-order valence-electron chi connectivity index (χ3n) is 2.85. The van der Waals surface area contributed by atoms with Gasteiger partial charge in [0, 0.05) is 5.92 Å². The van der Waals surface area contributed by atoms with Crippen molar-refractivity contribution in [3.05, 3.63) is 0 Å². The molecule has 6 heteroatoms. The van der Waals surface area contributed by atoms with Crippen LogP contribution >= 0.6 is 0 Å². The van der Waals surface area contributed by atoms with Crippen molar-refractivity contribution in [2.45, 2.75) is 52.3 Å². The number of carboxylic acids is 1. The topological polar surface area (TPSA) is 96.2 Å². The number of hydrogen-bond acceptors (Lipinski definition) is 5. The van der Waals surface area contributed by atoms with Gasteiger partial charge in [-0.3, -0.25) is 0 Å². The molecule has 0 radical (unpaired) electrons. The van der Waals surface area contributed by atoms with Crippen LogP contribution < -0.4 is 0 Å². The Morgan fingerprint density at radius 1 is 1.28 bits per heavy atom. The number of aliphatic carboxylic acids is 1. The molecule has 0 spiro atoms. The lowest BCUT2D eigenvalue weighted by molar-refractivity contribution is -0.286. The zero-order valence-electron chi connectivity index (χ0n) is 11.2. The lowest BCUT2D eigenvalue weighted by Gasteiger charge is -2.40. The lowest BCUT2D eigenvalue weighted by Crippen LogP contribution is -2.56. The predicted molar refractivity (Wildman–Crippen MR) is 62.9 cm³/mol. The van der Waals surface area contributed by atoms with Crippen molar-refractivity contribution >= 4 is 5.97 Å². The monoisotopic (exact) mass is 262 g/mol. The summed E-state index contributed by atoms with van der Waals surface area (Å²) in [6.07, 6.45) is -4.70. The summed E-state index contributed by atoms with van der Waals surface area (Å²) < 4.78 is 10.6. The van der Waals surface area contributed by atoms with Gasteiger partial charge in [0.1, 0.15) is 6.10 Å². The van der Waals surface area contributed by atoms with Crippen LogP contribution in [0.25, 0.3) is 0 Å². The molecule has 18 heavy (non-hydrogen) atoms. The summed E-state index contributed by atoms with van der Waals surface area (Å²) in [4.78, 5) is 11.0. The zero-order valence-corrected chi connectivity index (χ0v) is 11.2. The molecule has 1 aliphatic rings. The Kier molecular flexibility index (Phi) is 4.72.